The SMILES string of the molecule is CC(COC1CCCCO1)CN1c2ccccc2Sc2ccccc21. The Morgan fingerprint density at radius 3 is 2.40 bits per heavy atom. The van der Waals surface area contributed by atoms with Crippen molar-refractivity contribution in [2.45, 2.75) is 42.3 Å². The molecular weight excluding hydrogens is 330 g/mol. The lowest BCUT2D eigenvalue weighted by molar-refractivity contribution is -0.167. The normalized spacial score (nSPS) is 20.7. The summed E-state index contributed by atoms with van der Waals surface area (Å²) in [5, 5.41) is 0. The van der Waals surface area contributed by atoms with E-state index in [0.29, 0.717) is 5.92 Å². The van der Waals surface area contributed by atoms with E-state index in [0.717, 1.165) is 32.6 Å². The number of nitrogens with zero attached hydrogens (tertiary/aromatic N) is 1. The maximum atomic E-state index is 6.01. The number of fused-ring (bicyclic) bond motifs is 2. The van der Waals surface area contributed by atoms with Gasteiger partial charge in [-0.2, -0.15) is 0 Å². The van der Waals surface area contributed by atoms with Gasteiger partial charge in [-0.15, -0.1) is 0 Å². The summed E-state index contributed by atoms with van der Waals surface area (Å²) in [5.74, 6) is 0.426. The molecule has 2 aliphatic rings. The number of hydrogen-bond donors (Lipinski definition) is 0. The van der Waals surface area contributed by atoms with Gasteiger partial charge in [0.05, 0.1) is 18.0 Å². The molecule has 2 aromatic rings. The molecule has 2 atom stereocenters. The van der Waals surface area contributed by atoms with Crippen LogP contribution in [0.2, 0.25) is 0 Å². The molecule has 0 spiro atoms. The highest BCUT2D eigenvalue weighted by molar-refractivity contribution is 7.99. The summed E-state index contributed by atoms with van der Waals surface area (Å²) in [6.07, 6.45) is 3.39. The molecule has 0 saturated carbocycles. The predicted molar refractivity (Wildman–Crippen MR) is 103 cm³/mol. The van der Waals surface area contributed by atoms with Gasteiger partial charge < -0.3 is 14.4 Å². The maximum absolute atomic E-state index is 6.01. The number of para-hydroxylation sites is 2. The van der Waals surface area contributed by atoms with Crippen molar-refractivity contribution in [1.29, 1.82) is 0 Å². The van der Waals surface area contributed by atoms with Gasteiger partial charge in [-0.25, -0.2) is 0 Å². The third-order valence-corrected chi connectivity index (χ3v) is 5.86. The first-order valence-electron chi connectivity index (χ1n) is 9.18. The Bertz CT molecular complexity index is 669. The summed E-state index contributed by atoms with van der Waals surface area (Å²) >= 11 is 1.86. The van der Waals surface area contributed by atoms with E-state index in [1.807, 2.05) is 11.8 Å². The van der Waals surface area contributed by atoms with Crippen LogP contribution in [0.1, 0.15) is 26.2 Å². The molecule has 2 aromatic carbocycles. The topological polar surface area (TPSA) is 21.7 Å². The van der Waals surface area contributed by atoms with Crippen LogP contribution in [0.15, 0.2) is 58.3 Å². The Hall–Kier alpha value is -1.49. The molecule has 1 fully saturated rings. The fourth-order valence-electron chi connectivity index (χ4n) is 3.46. The molecule has 1 saturated heterocycles. The maximum Gasteiger partial charge on any atom is 0.157 e. The Labute approximate surface area is 154 Å². The first-order chi connectivity index (χ1) is 12.3. The molecule has 0 amide bonds. The summed E-state index contributed by atoms with van der Waals surface area (Å²) in [7, 11) is 0. The smallest absolute Gasteiger partial charge is 0.157 e. The second kappa shape index (κ2) is 7.81. The molecule has 0 bridgehead atoms. The van der Waals surface area contributed by atoms with E-state index < -0.39 is 0 Å². The van der Waals surface area contributed by atoms with Crippen LogP contribution >= 0.6 is 11.8 Å². The number of benzene rings is 2. The van der Waals surface area contributed by atoms with Crippen molar-refractivity contribution in [1.82, 2.24) is 0 Å². The quantitative estimate of drug-likeness (QED) is 0.709. The lowest BCUT2D eigenvalue weighted by Crippen LogP contribution is -2.30. The van der Waals surface area contributed by atoms with Crippen molar-refractivity contribution in [3.63, 3.8) is 0 Å². The first-order valence-corrected chi connectivity index (χ1v) is 9.99. The molecule has 132 valence electrons. The van der Waals surface area contributed by atoms with E-state index in [9.17, 15) is 0 Å². The van der Waals surface area contributed by atoms with E-state index in [1.54, 1.807) is 0 Å². The lowest BCUT2D eigenvalue weighted by atomic mass is 10.1. The highest BCUT2D eigenvalue weighted by Crippen LogP contribution is 2.47. The van der Waals surface area contributed by atoms with Crippen LogP contribution in [0.25, 0.3) is 0 Å². The zero-order valence-corrected chi connectivity index (χ0v) is 15.5. The van der Waals surface area contributed by atoms with Gasteiger partial charge >= 0.3 is 0 Å². The molecule has 2 heterocycles. The molecule has 3 nitrogen and oxygen atoms in total. The van der Waals surface area contributed by atoms with Crippen molar-refractivity contribution >= 4 is 23.1 Å². The van der Waals surface area contributed by atoms with Gasteiger partial charge in [0, 0.05) is 22.9 Å². The summed E-state index contributed by atoms with van der Waals surface area (Å²) in [4.78, 5) is 5.09. The third-order valence-electron chi connectivity index (χ3n) is 4.73. The minimum Gasteiger partial charge on any atom is -0.353 e. The Kier molecular flexibility index (Phi) is 5.30. The van der Waals surface area contributed by atoms with E-state index >= 15 is 0 Å². The summed E-state index contributed by atoms with van der Waals surface area (Å²) in [6, 6.07) is 17.3. The molecule has 4 heteroatoms. The average Bonchev–Trinajstić information content (AvgIpc) is 2.67. The molecule has 4 rings (SSSR count). The van der Waals surface area contributed by atoms with Crippen molar-refractivity contribution in [3.05, 3.63) is 48.5 Å². The van der Waals surface area contributed by atoms with Gasteiger partial charge in [0.25, 0.3) is 0 Å². The van der Waals surface area contributed by atoms with Gasteiger partial charge in [-0.3, -0.25) is 0 Å². The molecule has 2 unspecified atom stereocenters. The zero-order chi connectivity index (χ0) is 17.1. The number of rotatable bonds is 5. The second-order valence-electron chi connectivity index (χ2n) is 6.88. The van der Waals surface area contributed by atoms with Crippen molar-refractivity contribution in [2.75, 3.05) is 24.7 Å². The van der Waals surface area contributed by atoms with Gasteiger partial charge in [0.15, 0.2) is 6.29 Å². The molecule has 0 aliphatic carbocycles. The van der Waals surface area contributed by atoms with Crippen molar-refractivity contribution in [3.8, 4) is 0 Å². The summed E-state index contributed by atoms with van der Waals surface area (Å²) in [6.45, 7) is 4.78. The molecule has 25 heavy (non-hydrogen) atoms. The highest BCUT2D eigenvalue weighted by atomic mass is 32.2. The van der Waals surface area contributed by atoms with E-state index in [1.165, 1.54) is 27.6 Å². The number of anilines is 2. The van der Waals surface area contributed by atoms with E-state index in [2.05, 4.69) is 60.4 Å². The van der Waals surface area contributed by atoms with Gasteiger partial charge in [-0.1, -0.05) is 43.0 Å². The highest BCUT2D eigenvalue weighted by Gasteiger charge is 2.24. The molecular formula is C21H25NO2S. The van der Waals surface area contributed by atoms with Crippen LogP contribution in [-0.2, 0) is 9.47 Å². The van der Waals surface area contributed by atoms with Crippen LogP contribution in [0.4, 0.5) is 11.4 Å². The first kappa shape index (κ1) is 17.0. The standard InChI is InChI=1S/C21H25NO2S/c1-16(15-24-21-12-6-7-13-23-21)14-22-17-8-2-4-10-19(17)25-20-11-5-3-9-18(20)22/h2-5,8-11,16,21H,6-7,12-15H2,1H3. The minimum atomic E-state index is -0.00677. The van der Waals surface area contributed by atoms with Crippen LogP contribution in [0.3, 0.4) is 0 Å². The monoisotopic (exact) mass is 355 g/mol. The zero-order valence-electron chi connectivity index (χ0n) is 14.7. The second-order valence-corrected chi connectivity index (χ2v) is 7.97. The Morgan fingerprint density at radius 2 is 1.76 bits per heavy atom. The van der Waals surface area contributed by atoms with Gasteiger partial charge in [-0.05, 0) is 49.4 Å². The average molecular weight is 356 g/mol. The Morgan fingerprint density at radius 1 is 1.08 bits per heavy atom. The predicted octanol–water partition coefficient (Wildman–Crippen LogP) is 5.47. The summed E-state index contributed by atoms with van der Waals surface area (Å²) in [5.41, 5.74) is 2.60. The fraction of sp³-hybridized carbons (Fsp3) is 0.429. The number of hydrogen-bond acceptors (Lipinski definition) is 4. The van der Waals surface area contributed by atoms with Gasteiger partial charge in [0.1, 0.15) is 0 Å². The van der Waals surface area contributed by atoms with Crippen LogP contribution in [0.5, 0.6) is 0 Å². The fourth-order valence-corrected chi connectivity index (χ4v) is 4.55. The van der Waals surface area contributed by atoms with E-state index in [4.69, 9.17) is 9.47 Å². The molecule has 0 radical (unpaired) electrons. The molecule has 0 aromatic heterocycles. The summed E-state index contributed by atoms with van der Waals surface area (Å²) < 4.78 is 11.7. The van der Waals surface area contributed by atoms with Crippen molar-refractivity contribution in [2.24, 2.45) is 5.92 Å². The number of ether oxygens (including phenoxy) is 2. The van der Waals surface area contributed by atoms with Crippen LogP contribution in [-0.4, -0.2) is 26.0 Å². The molecule has 0 N–H and O–H groups in total. The van der Waals surface area contributed by atoms with E-state index in [-0.39, 0.29) is 6.29 Å². The third kappa shape index (κ3) is 3.86. The lowest BCUT2D eigenvalue weighted by Gasteiger charge is -2.35. The Balaban J connectivity index is 1.47. The van der Waals surface area contributed by atoms with Crippen LogP contribution < -0.4 is 4.90 Å². The molecule has 2 aliphatic heterocycles. The minimum absolute atomic E-state index is 0.00677. The van der Waals surface area contributed by atoms with Crippen LogP contribution in [0, 0.1) is 5.92 Å². The largest absolute Gasteiger partial charge is 0.353 e. The van der Waals surface area contributed by atoms with Gasteiger partial charge in [0.2, 0.25) is 0 Å². The van der Waals surface area contributed by atoms with Crippen molar-refractivity contribution < 1.29 is 9.47 Å².